The Morgan fingerprint density at radius 1 is 1.40 bits per heavy atom. The van der Waals surface area contributed by atoms with Crippen molar-refractivity contribution in [3.05, 3.63) is 41.0 Å². The highest BCUT2D eigenvalue weighted by Gasteiger charge is 2.22. The molecule has 0 amide bonds. The Morgan fingerprint density at radius 3 is 2.80 bits per heavy atom. The minimum atomic E-state index is -0.573. The summed E-state index contributed by atoms with van der Waals surface area (Å²) in [6.45, 7) is 5.46. The summed E-state index contributed by atoms with van der Waals surface area (Å²) >= 11 is 0. The van der Waals surface area contributed by atoms with E-state index in [0.717, 1.165) is 0 Å². The molecule has 1 heterocycles. The second-order valence-electron chi connectivity index (χ2n) is 4.31. The molecule has 106 valence electrons. The van der Waals surface area contributed by atoms with Gasteiger partial charge in [0.1, 0.15) is 5.82 Å². The molecule has 2 aromatic rings. The normalized spacial score (nSPS) is 10.6. The van der Waals surface area contributed by atoms with Gasteiger partial charge >= 0.3 is 5.97 Å². The third-order valence-corrected chi connectivity index (χ3v) is 2.92. The molecule has 0 aliphatic carbocycles. The maximum Gasteiger partial charge on any atom is 0.376 e. The molecule has 1 aromatic heterocycles. The molecule has 5 heteroatoms. The number of hydrogen-bond acceptors (Lipinski definition) is 4. The zero-order valence-corrected chi connectivity index (χ0v) is 11.7. The van der Waals surface area contributed by atoms with Crippen molar-refractivity contribution in [2.24, 2.45) is 0 Å². The number of benzene rings is 1. The molecule has 4 nitrogen and oxygen atoms in total. The molecule has 0 spiro atoms. The molecule has 0 radical (unpaired) electrons. The number of aryl methyl sites for hydroxylation is 2. The Balaban J connectivity index is 2.49. The fourth-order valence-corrected chi connectivity index (χ4v) is 1.88. The van der Waals surface area contributed by atoms with Gasteiger partial charge in [0.05, 0.1) is 17.9 Å². The summed E-state index contributed by atoms with van der Waals surface area (Å²) in [6.07, 6.45) is 0.505. The molecule has 0 unspecified atom stereocenters. The largest absolute Gasteiger partial charge is 0.460 e. The molecular weight excluding hydrogens is 261 g/mol. The quantitative estimate of drug-likeness (QED) is 0.802. The maximum atomic E-state index is 14.1. The van der Waals surface area contributed by atoms with Crippen LogP contribution in [0.2, 0.25) is 0 Å². The van der Waals surface area contributed by atoms with E-state index in [2.05, 4.69) is 4.98 Å². The van der Waals surface area contributed by atoms with Gasteiger partial charge in [-0.1, -0.05) is 19.1 Å². The molecule has 0 saturated heterocycles. The third-order valence-electron chi connectivity index (χ3n) is 2.92. The van der Waals surface area contributed by atoms with Crippen LogP contribution in [0.5, 0.6) is 0 Å². The molecule has 0 atom stereocenters. The first-order chi connectivity index (χ1) is 9.58. The van der Waals surface area contributed by atoms with Crippen molar-refractivity contribution >= 4 is 5.97 Å². The van der Waals surface area contributed by atoms with Gasteiger partial charge in [0.15, 0.2) is 0 Å². The van der Waals surface area contributed by atoms with Gasteiger partial charge in [-0.2, -0.15) is 0 Å². The SMILES string of the molecule is CCOC(=O)c1oc(-c2cccc(C)c2F)nc1CC. The van der Waals surface area contributed by atoms with Crippen molar-refractivity contribution in [1.82, 2.24) is 4.98 Å². The summed E-state index contributed by atoms with van der Waals surface area (Å²) in [5.74, 6) is -0.820. The molecule has 2 rings (SSSR count). The van der Waals surface area contributed by atoms with Gasteiger partial charge in [0.2, 0.25) is 11.7 Å². The first-order valence-corrected chi connectivity index (χ1v) is 6.50. The van der Waals surface area contributed by atoms with Crippen molar-refractivity contribution in [1.29, 1.82) is 0 Å². The molecule has 0 aliphatic rings. The number of ether oxygens (including phenoxy) is 1. The third kappa shape index (κ3) is 2.57. The van der Waals surface area contributed by atoms with Crippen LogP contribution in [-0.4, -0.2) is 17.6 Å². The second kappa shape index (κ2) is 5.86. The summed E-state index contributed by atoms with van der Waals surface area (Å²) in [5, 5.41) is 0. The Hall–Kier alpha value is -2.17. The second-order valence-corrected chi connectivity index (χ2v) is 4.31. The number of carbonyl (C=O) groups excluding carboxylic acids is 1. The van der Waals surface area contributed by atoms with Gasteiger partial charge in [-0.05, 0) is 31.9 Å². The minimum Gasteiger partial charge on any atom is -0.460 e. The average molecular weight is 277 g/mol. The summed E-state index contributed by atoms with van der Waals surface area (Å²) < 4.78 is 24.4. The van der Waals surface area contributed by atoms with Gasteiger partial charge in [-0.3, -0.25) is 0 Å². The number of hydrogen-bond donors (Lipinski definition) is 0. The number of esters is 1. The summed E-state index contributed by atoms with van der Waals surface area (Å²) in [6, 6.07) is 4.95. The van der Waals surface area contributed by atoms with Crippen LogP contribution in [0, 0.1) is 12.7 Å². The average Bonchev–Trinajstić information content (AvgIpc) is 2.86. The predicted molar refractivity (Wildman–Crippen MR) is 72.0 cm³/mol. The lowest BCUT2D eigenvalue weighted by Crippen LogP contribution is -2.05. The number of carbonyl (C=O) groups is 1. The minimum absolute atomic E-state index is 0.0465. The van der Waals surface area contributed by atoms with E-state index in [9.17, 15) is 9.18 Å². The van der Waals surface area contributed by atoms with Crippen LogP contribution in [0.1, 0.15) is 35.7 Å². The zero-order chi connectivity index (χ0) is 14.7. The van der Waals surface area contributed by atoms with Gasteiger partial charge in [-0.15, -0.1) is 0 Å². The fourth-order valence-electron chi connectivity index (χ4n) is 1.88. The van der Waals surface area contributed by atoms with E-state index in [1.165, 1.54) is 0 Å². The van der Waals surface area contributed by atoms with Gasteiger partial charge in [0.25, 0.3) is 0 Å². The lowest BCUT2D eigenvalue weighted by Gasteiger charge is -2.01. The maximum absolute atomic E-state index is 14.1. The molecule has 0 aliphatic heterocycles. The number of aromatic nitrogens is 1. The lowest BCUT2D eigenvalue weighted by molar-refractivity contribution is 0.0489. The van der Waals surface area contributed by atoms with Gasteiger partial charge < -0.3 is 9.15 Å². The summed E-state index contributed by atoms with van der Waals surface area (Å²) in [4.78, 5) is 16.0. The lowest BCUT2D eigenvalue weighted by atomic mass is 10.1. The van der Waals surface area contributed by atoms with E-state index in [4.69, 9.17) is 9.15 Å². The smallest absolute Gasteiger partial charge is 0.376 e. The van der Waals surface area contributed by atoms with Gasteiger partial charge in [-0.25, -0.2) is 14.2 Å². The first kappa shape index (κ1) is 14.2. The number of oxazole rings is 1. The Morgan fingerprint density at radius 2 is 2.15 bits per heavy atom. The standard InChI is InChI=1S/C15H16FNO3/c1-4-11-13(15(18)19-5-2)20-14(17-11)10-8-6-7-9(3)12(10)16/h6-8H,4-5H2,1-3H3. The Bertz CT molecular complexity index is 634. The zero-order valence-electron chi connectivity index (χ0n) is 11.7. The highest BCUT2D eigenvalue weighted by atomic mass is 19.1. The van der Waals surface area contributed by atoms with E-state index >= 15 is 0 Å². The van der Waals surface area contributed by atoms with Crippen LogP contribution in [0.15, 0.2) is 22.6 Å². The van der Waals surface area contributed by atoms with Crippen molar-refractivity contribution in [2.75, 3.05) is 6.61 Å². The highest BCUT2D eigenvalue weighted by molar-refractivity contribution is 5.88. The van der Waals surface area contributed by atoms with Crippen LogP contribution in [0.4, 0.5) is 4.39 Å². The van der Waals surface area contributed by atoms with E-state index in [1.54, 1.807) is 32.0 Å². The molecule has 1 aromatic carbocycles. The fraction of sp³-hybridized carbons (Fsp3) is 0.333. The van der Waals surface area contributed by atoms with Crippen LogP contribution in [-0.2, 0) is 11.2 Å². The first-order valence-electron chi connectivity index (χ1n) is 6.50. The highest BCUT2D eigenvalue weighted by Crippen LogP contribution is 2.26. The van der Waals surface area contributed by atoms with Gasteiger partial charge in [0, 0.05) is 0 Å². The van der Waals surface area contributed by atoms with Crippen LogP contribution in [0.3, 0.4) is 0 Å². The van der Waals surface area contributed by atoms with Crippen molar-refractivity contribution in [2.45, 2.75) is 27.2 Å². The predicted octanol–water partition coefficient (Wildman–Crippen LogP) is 3.53. The Labute approximate surface area is 116 Å². The molecular formula is C15H16FNO3. The summed E-state index contributed by atoms with van der Waals surface area (Å²) in [7, 11) is 0. The Kier molecular flexibility index (Phi) is 4.17. The number of halogens is 1. The topological polar surface area (TPSA) is 52.3 Å². The molecule has 0 saturated carbocycles. The van der Waals surface area contributed by atoms with E-state index < -0.39 is 11.8 Å². The van der Waals surface area contributed by atoms with Crippen molar-refractivity contribution in [3.63, 3.8) is 0 Å². The van der Waals surface area contributed by atoms with E-state index in [1.807, 2.05) is 6.92 Å². The number of rotatable bonds is 4. The van der Waals surface area contributed by atoms with E-state index in [-0.39, 0.29) is 23.8 Å². The molecule has 0 fully saturated rings. The van der Waals surface area contributed by atoms with E-state index in [0.29, 0.717) is 17.7 Å². The molecule has 0 bridgehead atoms. The number of nitrogens with zero attached hydrogens (tertiary/aromatic N) is 1. The van der Waals surface area contributed by atoms with Crippen LogP contribution < -0.4 is 0 Å². The monoisotopic (exact) mass is 277 g/mol. The van der Waals surface area contributed by atoms with Crippen molar-refractivity contribution < 1.29 is 18.3 Å². The van der Waals surface area contributed by atoms with Crippen molar-refractivity contribution in [3.8, 4) is 11.5 Å². The summed E-state index contributed by atoms with van der Waals surface area (Å²) in [5.41, 5.74) is 1.21. The van der Waals surface area contributed by atoms with Crippen LogP contribution in [0.25, 0.3) is 11.5 Å². The van der Waals surface area contributed by atoms with Crippen LogP contribution >= 0.6 is 0 Å². The molecule has 0 N–H and O–H groups in total. The molecule has 20 heavy (non-hydrogen) atoms.